The van der Waals surface area contributed by atoms with E-state index in [1.54, 1.807) is 17.5 Å². The highest BCUT2D eigenvalue weighted by molar-refractivity contribution is 7.16. The Labute approximate surface area is 132 Å². The van der Waals surface area contributed by atoms with Gasteiger partial charge < -0.3 is 0 Å². The van der Waals surface area contributed by atoms with Gasteiger partial charge in [0.05, 0.1) is 11.9 Å². The predicted molar refractivity (Wildman–Crippen MR) is 85.9 cm³/mol. The zero-order chi connectivity index (χ0) is 14.3. The molecule has 1 aliphatic rings. The van der Waals surface area contributed by atoms with Crippen molar-refractivity contribution in [1.29, 1.82) is 0 Å². The third-order valence-electron chi connectivity index (χ3n) is 3.26. The van der Waals surface area contributed by atoms with Gasteiger partial charge >= 0.3 is 0 Å². The molecule has 1 saturated carbocycles. The molecule has 2 heterocycles. The molecule has 3 nitrogen and oxygen atoms in total. The average molecular weight is 328 g/mol. The molecule has 20 heavy (non-hydrogen) atoms. The lowest BCUT2D eigenvalue weighted by Crippen LogP contribution is -2.24. The van der Waals surface area contributed by atoms with Gasteiger partial charge in [-0.3, -0.25) is 5.32 Å². The molecule has 0 radical (unpaired) electrons. The second-order valence-electron chi connectivity index (χ2n) is 6.20. The number of thiazole rings is 2. The molecule has 0 spiro atoms. The third kappa shape index (κ3) is 3.22. The minimum atomic E-state index is 0.0827. The van der Waals surface area contributed by atoms with Crippen molar-refractivity contribution in [3.05, 3.63) is 31.6 Å². The molecule has 2 aromatic heterocycles. The van der Waals surface area contributed by atoms with Crippen LogP contribution in [0, 0.1) is 0 Å². The zero-order valence-electron chi connectivity index (χ0n) is 11.8. The number of hydrogen-bond acceptors (Lipinski definition) is 5. The maximum atomic E-state index is 6.03. The number of nitrogens with one attached hydrogen (secondary N) is 1. The van der Waals surface area contributed by atoms with E-state index in [1.165, 1.54) is 24.2 Å². The topological polar surface area (TPSA) is 37.8 Å². The van der Waals surface area contributed by atoms with Crippen molar-refractivity contribution < 1.29 is 0 Å². The van der Waals surface area contributed by atoms with Crippen LogP contribution in [-0.4, -0.2) is 16.0 Å². The van der Waals surface area contributed by atoms with Crippen LogP contribution in [-0.2, 0) is 5.41 Å². The lowest BCUT2D eigenvalue weighted by Gasteiger charge is -2.16. The molecule has 1 unspecified atom stereocenters. The lowest BCUT2D eigenvalue weighted by molar-refractivity contribution is 0.556. The summed E-state index contributed by atoms with van der Waals surface area (Å²) in [7, 11) is 0. The van der Waals surface area contributed by atoms with Crippen molar-refractivity contribution >= 4 is 34.3 Å². The van der Waals surface area contributed by atoms with Crippen molar-refractivity contribution in [2.45, 2.75) is 51.1 Å². The van der Waals surface area contributed by atoms with E-state index in [0.717, 1.165) is 20.0 Å². The maximum Gasteiger partial charge on any atom is 0.118 e. The Morgan fingerprint density at radius 1 is 1.35 bits per heavy atom. The van der Waals surface area contributed by atoms with Crippen molar-refractivity contribution in [3.8, 4) is 0 Å². The van der Waals surface area contributed by atoms with E-state index in [2.05, 4.69) is 36.5 Å². The van der Waals surface area contributed by atoms with Crippen molar-refractivity contribution in [2.24, 2.45) is 0 Å². The number of nitrogens with zero attached hydrogens (tertiary/aromatic N) is 2. The molecule has 1 atom stereocenters. The quantitative estimate of drug-likeness (QED) is 0.904. The summed E-state index contributed by atoms with van der Waals surface area (Å²) < 4.78 is 0.732. The Hall–Kier alpha value is -0.490. The van der Waals surface area contributed by atoms with E-state index in [9.17, 15) is 0 Å². The highest BCUT2D eigenvalue weighted by atomic mass is 35.5. The summed E-state index contributed by atoms with van der Waals surface area (Å²) >= 11 is 9.28. The van der Waals surface area contributed by atoms with Gasteiger partial charge in [0.1, 0.15) is 20.4 Å². The van der Waals surface area contributed by atoms with Gasteiger partial charge in [-0.05, 0) is 12.8 Å². The van der Waals surface area contributed by atoms with Gasteiger partial charge in [-0.2, -0.15) is 0 Å². The first-order chi connectivity index (χ1) is 9.43. The van der Waals surface area contributed by atoms with Crippen LogP contribution < -0.4 is 5.32 Å². The molecular formula is C14H18ClN3S2. The highest BCUT2D eigenvalue weighted by Gasteiger charge is 2.30. The second-order valence-corrected chi connectivity index (χ2v) is 8.78. The molecule has 3 rings (SSSR count). The molecule has 2 aromatic rings. The molecule has 0 aliphatic heterocycles. The van der Waals surface area contributed by atoms with Crippen molar-refractivity contribution in [2.75, 3.05) is 0 Å². The lowest BCUT2D eigenvalue weighted by atomic mass is 9.93. The minimum absolute atomic E-state index is 0.0827. The first kappa shape index (κ1) is 14.4. The molecule has 0 saturated heterocycles. The van der Waals surface area contributed by atoms with Crippen LogP contribution in [0.5, 0.6) is 0 Å². The molecule has 0 amide bonds. The Kier molecular flexibility index (Phi) is 3.88. The van der Waals surface area contributed by atoms with E-state index in [1.807, 2.05) is 0 Å². The monoisotopic (exact) mass is 327 g/mol. The van der Waals surface area contributed by atoms with Crippen molar-refractivity contribution in [3.63, 3.8) is 0 Å². The van der Waals surface area contributed by atoms with Gasteiger partial charge in [-0.15, -0.1) is 22.7 Å². The summed E-state index contributed by atoms with van der Waals surface area (Å²) in [4.78, 5) is 9.26. The fraction of sp³-hybridized carbons (Fsp3) is 0.571. The standard InChI is InChI=1S/C14H18ClN3S2/c1-14(2,3)9-7-19-13(18-9)11(17-8-4-5-8)12-16-6-10(15)20-12/h6-8,11,17H,4-5H2,1-3H3. The fourth-order valence-corrected chi connectivity index (χ4v) is 4.07. The molecule has 1 aliphatic carbocycles. The predicted octanol–water partition coefficient (Wildman–Crippen LogP) is 4.39. The Balaban J connectivity index is 1.90. The molecule has 108 valence electrons. The Bertz CT molecular complexity index is 596. The summed E-state index contributed by atoms with van der Waals surface area (Å²) in [5.74, 6) is 0. The van der Waals surface area contributed by atoms with E-state index in [0.29, 0.717) is 6.04 Å². The number of hydrogen-bond donors (Lipinski definition) is 1. The van der Waals surface area contributed by atoms with E-state index >= 15 is 0 Å². The van der Waals surface area contributed by atoms with E-state index in [4.69, 9.17) is 16.6 Å². The third-order valence-corrected chi connectivity index (χ3v) is 5.35. The minimum Gasteiger partial charge on any atom is -0.299 e. The number of rotatable bonds is 4. The highest BCUT2D eigenvalue weighted by Crippen LogP contribution is 2.35. The van der Waals surface area contributed by atoms with Gasteiger partial charge in [-0.1, -0.05) is 32.4 Å². The first-order valence-electron chi connectivity index (χ1n) is 6.76. The van der Waals surface area contributed by atoms with Crippen LogP contribution in [0.3, 0.4) is 0 Å². The SMILES string of the molecule is CC(C)(C)c1csc(C(NC2CC2)c2ncc(Cl)s2)n1. The maximum absolute atomic E-state index is 6.03. The number of halogens is 1. The smallest absolute Gasteiger partial charge is 0.118 e. The summed E-state index contributed by atoms with van der Waals surface area (Å²) in [6.45, 7) is 6.57. The van der Waals surface area contributed by atoms with Gasteiger partial charge in [0, 0.05) is 16.8 Å². The van der Waals surface area contributed by atoms with Gasteiger partial charge in [0.25, 0.3) is 0 Å². The Morgan fingerprint density at radius 2 is 2.10 bits per heavy atom. The van der Waals surface area contributed by atoms with Crippen LogP contribution >= 0.6 is 34.3 Å². The molecule has 1 fully saturated rings. The molecule has 1 N–H and O–H groups in total. The summed E-state index contributed by atoms with van der Waals surface area (Å²) in [6, 6.07) is 0.686. The van der Waals surface area contributed by atoms with Gasteiger partial charge in [0.15, 0.2) is 0 Å². The average Bonchev–Trinajstić information content (AvgIpc) is 2.88. The molecule has 0 bridgehead atoms. The molecule has 0 aromatic carbocycles. The second kappa shape index (κ2) is 5.37. The van der Waals surface area contributed by atoms with Crippen LogP contribution in [0.15, 0.2) is 11.6 Å². The van der Waals surface area contributed by atoms with Gasteiger partial charge in [-0.25, -0.2) is 9.97 Å². The largest absolute Gasteiger partial charge is 0.299 e. The van der Waals surface area contributed by atoms with Crippen LogP contribution in [0.2, 0.25) is 4.34 Å². The summed E-state index contributed by atoms with van der Waals surface area (Å²) in [5.41, 5.74) is 1.22. The zero-order valence-corrected chi connectivity index (χ0v) is 14.2. The first-order valence-corrected chi connectivity index (χ1v) is 8.84. The molecule has 6 heteroatoms. The van der Waals surface area contributed by atoms with E-state index < -0.39 is 0 Å². The van der Waals surface area contributed by atoms with E-state index in [-0.39, 0.29) is 11.5 Å². The summed E-state index contributed by atoms with van der Waals surface area (Å²) in [5, 5.41) is 7.90. The van der Waals surface area contributed by atoms with Crippen LogP contribution in [0.1, 0.15) is 55.4 Å². The fourth-order valence-electron chi connectivity index (χ4n) is 1.90. The Morgan fingerprint density at radius 3 is 2.60 bits per heavy atom. The van der Waals surface area contributed by atoms with Crippen LogP contribution in [0.25, 0.3) is 0 Å². The van der Waals surface area contributed by atoms with Crippen LogP contribution in [0.4, 0.5) is 0 Å². The summed E-state index contributed by atoms with van der Waals surface area (Å²) in [6.07, 6.45) is 4.21. The normalized spacial score (nSPS) is 17.4. The van der Waals surface area contributed by atoms with Gasteiger partial charge in [0.2, 0.25) is 0 Å². The molecular weight excluding hydrogens is 310 g/mol. The number of aromatic nitrogens is 2. The van der Waals surface area contributed by atoms with Crippen molar-refractivity contribution in [1.82, 2.24) is 15.3 Å².